The Balaban J connectivity index is 1.80. The molecule has 1 aliphatic heterocycles. The minimum atomic E-state index is 0.256. The Morgan fingerprint density at radius 2 is 2.04 bits per heavy atom. The molecule has 3 heterocycles. The highest BCUT2D eigenvalue weighted by atomic mass is 16.2. The summed E-state index contributed by atoms with van der Waals surface area (Å²) in [7, 11) is 0. The van der Waals surface area contributed by atoms with E-state index in [9.17, 15) is 4.79 Å². The summed E-state index contributed by atoms with van der Waals surface area (Å²) in [5, 5.41) is 1.24. The van der Waals surface area contributed by atoms with Gasteiger partial charge < -0.3 is 9.88 Å². The maximum absolute atomic E-state index is 12.2. The van der Waals surface area contributed by atoms with Crippen molar-refractivity contribution >= 4 is 16.8 Å². The molecule has 0 aliphatic carbocycles. The number of carbonyl (C=O) groups is 1. The van der Waals surface area contributed by atoms with Gasteiger partial charge in [0.2, 0.25) is 5.91 Å². The van der Waals surface area contributed by atoms with Gasteiger partial charge in [-0.15, -0.1) is 0 Å². The number of hydrogen-bond donors (Lipinski definition) is 1. The van der Waals surface area contributed by atoms with E-state index in [1.165, 1.54) is 22.2 Å². The number of pyridine rings is 1. The number of piperidine rings is 1. The van der Waals surface area contributed by atoms with E-state index in [1.807, 2.05) is 24.2 Å². The summed E-state index contributed by atoms with van der Waals surface area (Å²) in [6, 6.07) is 12.6. The van der Waals surface area contributed by atoms with Gasteiger partial charge >= 0.3 is 0 Å². The number of aromatic nitrogens is 2. The highest BCUT2D eigenvalue weighted by Crippen LogP contribution is 2.39. The van der Waals surface area contributed by atoms with Crippen molar-refractivity contribution in [3.63, 3.8) is 0 Å². The first-order valence-corrected chi connectivity index (χ1v) is 9.06. The van der Waals surface area contributed by atoms with Crippen LogP contribution in [0.3, 0.4) is 0 Å². The van der Waals surface area contributed by atoms with Crippen molar-refractivity contribution in [1.29, 1.82) is 0 Å². The Kier molecular flexibility index (Phi) is 4.26. The van der Waals surface area contributed by atoms with E-state index in [1.54, 1.807) is 0 Å². The maximum atomic E-state index is 12.2. The molecule has 2 aromatic heterocycles. The lowest BCUT2D eigenvalue weighted by Gasteiger charge is -2.33. The third-order valence-electron chi connectivity index (χ3n) is 5.19. The molecule has 1 aromatic carbocycles. The molecule has 1 aliphatic rings. The number of H-pyrrole nitrogens is 1. The molecule has 0 saturated carbocycles. The first-order chi connectivity index (χ1) is 12.3. The van der Waals surface area contributed by atoms with Crippen LogP contribution in [0.15, 0.2) is 48.8 Å². The Hall–Kier alpha value is -2.62. The SMILES string of the molecule is CCC(=O)N1CCC[C@@H](c2[nH]c3ccccc3c2-c2ccncc2)C1. The quantitative estimate of drug-likeness (QED) is 0.775. The van der Waals surface area contributed by atoms with Crippen molar-refractivity contribution in [2.45, 2.75) is 32.1 Å². The molecule has 1 amide bonds. The molecular formula is C21H23N3O. The Morgan fingerprint density at radius 3 is 2.84 bits per heavy atom. The van der Waals surface area contributed by atoms with Crippen LogP contribution in [0, 0.1) is 0 Å². The Labute approximate surface area is 147 Å². The minimum Gasteiger partial charge on any atom is -0.358 e. The molecule has 25 heavy (non-hydrogen) atoms. The van der Waals surface area contributed by atoms with E-state index in [4.69, 9.17) is 0 Å². The minimum absolute atomic E-state index is 0.256. The van der Waals surface area contributed by atoms with Gasteiger partial charge in [-0.3, -0.25) is 9.78 Å². The normalized spacial score (nSPS) is 17.8. The Morgan fingerprint density at radius 1 is 1.24 bits per heavy atom. The summed E-state index contributed by atoms with van der Waals surface area (Å²) in [4.78, 5) is 22.0. The fraction of sp³-hybridized carbons (Fsp3) is 0.333. The number of para-hydroxylation sites is 1. The second-order valence-corrected chi connectivity index (χ2v) is 6.73. The van der Waals surface area contributed by atoms with Crippen molar-refractivity contribution in [1.82, 2.24) is 14.9 Å². The molecular weight excluding hydrogens is 310 g/mol. The predicted molar refractivity (Wildman–Crippen MR) is 100 cm³/mol. The van der Waals surface area contributed by atoms with E-state index in [0.717, 1.165) is 31.4 Å². The molecule has 4 rings (SSSR count). The topological polar surface area (TPSA) is 49.0 Å². The van der Waals surface area contributed by atoms with Crippen LogP contribution in [-0.2, 0) is 4.79 Å². The van der Waals surface area contributed by atoms with Crippen molar-refractivity contribution < 1.29 is 4.79 Å². The third-order valence-corrected chi connectivity index (χ3v) is 5.19. The van der Waals surface area contributed by atoms with Crippen molar-refractivity contribution in [3.05, 3.63) is 54.5 Å². The number of likely N-dealkylation sites (tertiary alicyclic amines) is 1. The van der Waals surface area contributed by atoms with Crippen LogP contribution >= 0.6 is 0 Å². The summed E-state index contributed by atoms with van der Waals surface area (Å²) in [6.07, 6.45) is 6.43. The van der Waals surface area contributed by atoms with Gasteiger partial charge in [0.1, 0.15) is 0 Å². The number of nitrogens with one attached hydrogen (secondary N) is 1. The fourth-order valence-corrected chi connectivity index (χ4v) is 3.96. The van der Waals surface area contributed by atoms with Crippen molar-refractivity contribution in [2.75, 3.05) is 13.1 Å². The summed E-state index contributed by atoms with van der Waals surface area (Å²) >= 11 is 0. The van der Waals surface area contributed by atoms with Crippen LogP contribution in [0.4, 0.5) is 0 Å². The second kappa shape index (κ2) is 6.71. The van der Waals surface area contributed by atoms with Crippen LogP contribution in [0.5, 0.6) is 0 Å². The second-order valence-electron chi connectivity index (χ2n) is 6.73. The zero-order chi connectivity index (χ0) is 17.2. The van der Waals surface area contributed by atoms with Crippen molar-refractivity contribution in [2.24, 2.45) is 0 Å². The van der Waals surface area contributed by atoms with E-state index in [0.29, 0.717) is 12.3 Å². The first-order valence-electron chi connectivity index (χ1n) is 9.06. The molecule has 1 fully saturated rings. The van der Waals surface area contributed by atoms with Gasteiger partial charge in [-0.25, -0.2) is 0 Å². The lowest BCUT2D eigenvalue weighted by Crippen LogP contribution is -2.38. The molecule has 0 radical (unpaired) electrons. The number of aromatic amines is 1. The summed E-state index contributed by atoms with van der Waals surface area (Å²) < 4.78 is 0. The molecule has 0 bridgehead atoms. The van der Waals surface area contributed by atoms with Crippen LogP contribution in [0.1, 0.15) is 37.8 Å². The first kappa shape index (κ1) is 15.9. The average Bonchev–Trinajstić information content (AvgIpc) is 3.07. The number of carbonyl (C=O) groups excluding carboxylic acids is 1. The lowest BCUT2D eigenvalue weighted by molar-refractivity contribution is -0.132. The molecule has 1 N–H and O–H groups in total. The molecule has 1 saturated heterocycles. The smallest absolute Gasteiger partial charge is 0.222 e. The highest BCUT2D eigenvalue weighted by Gasteiger charge is 2.28. The number of hydrogen-bond acceptors (Lipinski definition) is 2. The highest BCUT2D eigenvalue weighted by molar-refractivity contribution is 5.97. The number of fused-ring (bicyclic) bond motifs is 1. The van der Waals surface area contributed by atoms with E-state index in [2.05, 4.69) is 46.4 Å². The zero-order valence-electron chi connectivity index (χ0n) is 14.5. The Bertz CT molecular complexity index is 885. The largest absolute Gasteiger partial charge is 0.358 e. The van der Waals surface area contributed by atoms with Gasteiger partial charge in [0.25, 0.3) is 0 Å². The number of benzene rings is 1. The number of rotatable bonds is 3. The summed E-state index contributed by atoms with van der Waals surface area (Å²) in [6.45, 7) is 3.63. The summed E-state index contributed by atoms with van der Waals surface area (Å²) in [5.41, 5.74) is 4.85. The number of amides is 1. The van der Waals surface area contributed by atoms with Crippen LogP contribution < -0.4 is 0 Å². The maximum Gasteiger partial charge on any atom is 0.222 e. The van der Waals surface area contributed by atoms with Crippen LogP contribution in [0.2, 0.25) is 0 Å². The predicted octanol–water partition coefficient (Wildman–Crippen LogP) is 4.35. The molecule has 1 atom stereocenters. The van der Waals surface area contributed by atoms with Crippen LogP contribution in [0.25, 0.3) is 22.0 Å². The molecule has 128 valence electrons. The molecule has 0 spiro atoms. The molecule has 4 nitrogen and oxygen atoms in total. The fourth-order valence-electron chi connectivity index (χ4n) is 3.96. The lowest BCUT2D eigenvalue weighted by atomic mass is 9.89. The molecule has 0 unspecified atom stereocenters. The van der Waals surface area contributed by atoms with E-state index >= 15 is 0 Å². The van der Waals surface area contributed by atoms with Gasteiger partial charge in [-0.1, -0.05) is 25.1 Å². The molecule has 4 heteroatoms. The van der Waals surface area contributed by atoms with Gasteiger partial charge in [-0.05, 0) is 36.6 Å². The monoisotopic (exact) mass is 333 g/mol. The zero-order valence-corrected chi connectivity index (χ0v) is 14.5. The van der Waals surface area contributed by atoms with Gasteiger partial charge in [0.15, 0.2) is 0 Å². The van der Waals surface area contributed by atoms with Crippen molar-refractivity contribution in [3.8, 4) is 11.1 Å². The average molecular weight is 333 g/mol. The van der Waals surface area contributed by atoms with E-state index < -0.39 is 0 Å². The standard InChI is InChI=1S/C21H23N3O/c1-2-19(25)24-13-5-6-16(14-24)21-20(15-9-11-22-12-10-15)17-7-3-4-8-18(17)23-21/h3-4,7-12,16,23H,2,5-6,13-14H2,1H3/t16-/m1/s1. The number of nitrogens with zero attached hydrogens (tertiary/aromatic N) is 2. The van der Waals surface area contributed by atoms with E-state index in [-0.39, 0.29) is 5.91 Å². The summed E-state index contributed by atoms with van der Waals surface area (Å²) in [5.74, 6) is 0.603. The van der Waals surface area contributed by atoms with Gasteiger partial charge in [0, 0.05) is 60.0 Å². The third kappa shape index (κ3) is 2.93. The van der Waals surface area contributed by atoms with Crippen LogP contribution in [-0.4, -0.2) is 33.9 Å². The van der Waals surface area contributed by atoms with Gasteiger partial charge in [0.05, 0.1) is 0 Å². The molecule has 3 aromatic rings. The van der Waals surface area contributed by atoms with Gasteiger partial charge in [-0.2, -0.15) is 0 Å².